The van der Waals surface area contributed by atoms with Crippen molar-refractivity contribution >= 4 is 17.5 Å². The number of rotatable bonds is 8. The van der Waals surface area contributed by atoms with Gasteiger partial charge in [0.15, 0.2) is 6.10 Å². The summed E-state index contributed by atoms with van der Waals surface area (Å²) in [6.07, 6.45) is -0.619. The average molecular weight is 433 g/mol. The van der Waals surface area contributed by atoms with Gasteiger partial charge in [-0.2, -0.15) is 0 Å². The van der Waals surface area contributed by atoms with Gasteiger partial charge in [0.25, 0.3) is 5.91 Å². The fourth-order valence-corrected chi connectivity index (χ4v) is 3.73. The van der Waals surface area contributed by atoms with Gasteiger partial charge in [0.1, 0.15) is 11.5 Å². The number of ether oxygens (including phenoxy) is 3. The molecule has 1 N–H and O–H groups in total. The van der Waals surface area contributed by atoms with Crippen LogP contribution in [0.2, 0.25) is 5.02 Å². The molecule has 30 heavy (non-hydrogen) atoms. The molecule has 0 aliphatic carbocycles. The van der Waals surface area contributed by atoms with Gasteiger partial charge in [-0.3, -0.25) is 9.69 Å². The lowest BCUT2D eigenvalue weighted by Gasteiger charge is -2.35. The molecule has 1 aliphatic rings. The smallest absolute Gasteiger partial charge is 0.260 e. The first-order valence-corrected chi connectivity index (χ1v) is 10.5. The van der Waals surface area contributed by atoms with Crippen LogP contribution in [0, 0.1) is 6.92 Å². The van der Waals surface area contributed by atoms with E-state index in [2.05, 4.69) is 10.2 Å². The molecule has 1 fully saturated rings. The Labute approximate surface area is 183 Å². The molecule has 2 aromatic carbocycles. The van der Waals surface area contributed by atoms with E-state index in [9.17, 15) is 4.79 Å². The third kappa shape index (κ3) is 5.88. The van der Waals surface area contributed by atoms with Crippen LogP contribution in [0.4, 0.5) is 0 Å². The van der Waals surface area contributed by atoms with E-state index in [1.165, 1.54) is 0 Å². The Kier molecular flexibility index (Phi) is 7.96. The summed E-state index contributed by atoms with van der Waals surface area (Å²) in [5, 5.41) is 3.70. The van der Waals surface area contributed by atoms with Crippen molar-refractivity contribution in [1.82, 2.24) is 10.2 Å². The van der Waals surface area contributed by atoms with Gasteiger partial charge in [-0.15, -0.1) is 0 Å². The van der Waals surface area contributed by atoms with Gasteiger partial charge in [-0.05, 0) is 55.3 Å². The van der Waals surface area contributed by atoms with Gasteiger partial charge in [-0.1, -0.05) is 23.7 Å². The monoisotopic (exact) mass is 432 g/mol. The van der Waals surface area contributed by atoms with Crippen molar-refractivity contribution in [2.45, 2.75) is 26.0 Å². The Morgan fingerprint density at radius 3 is 2.53 bits per heavy atom. The zero-order valence-corrected chi connectivity index (χ0v) is 18.4. The van der Waals surface area contributed by atoms with Crippen molar-refractivity contribution < 1.29 is 19.0 Å². The molecule has 7 heteroatoms. The number of hydrogen-bond donors (Lipinski definition) is 1. The van der Waals surface area contributed by atoms with E-state index >= 15 is 0 Å². The van der Waals surface area contributed by atoms with Crippen LogP contribution < -0.4 is 14.8 Å². The maximum absolute atomic E-state index is 12.7. The molecule has 162 valence electrons. The van der Waals surface area contributed by atoms with Crippen molar-refractivity contribution in [3.63, 3.8) is 0 Å². The molecule has 0 bridgehead atoms. The molecule has 3 rings (SSSR count). The number of benzene rings is 2. The third-order valence-corrected chi connectivity index (χ3v) is 5.50. The fourth-order valence-electron chi connectivity index (χ4n) is 3.50. The van der Waals surface area contributed by atoms with E-state index in [0.29, 0.717) is 30.5 Å². The average Bonchev–Trinajstić information content (AvgIpc) is 2.76. The van der Waals surface area contributed by atoms with Crippen LogP contribution >= 0.6 is 11.6 Å². The summed E-state index contributed by atoms with van der Waals surface area (Å²) in [6.45, 7) is 7.17. The Morgan fingerprint density at radius 2 is 1.90 bits per heavy atom. The van der Waals surface area contributed by atoms with Gasteiger partial charge < -0.3 is 19.5 Å². The van der Waals surface area contributed by atoms with Crippen LogP contribution in [-0.2, 0) is 9.53 Å². The molecule has 1 aliphatic heterocycles. The molecular weight excluding hydrogens is 404 g/mol. The standard InChI is InChI=1S/C23H29ClN2O4/c1-16-14-19(24)6-9-22(16)30-17(2)23(27)25-15-21(26-10-12-29-13-11-26)18-4-7-20(28-3)8-5-18/h4-9,14,17,21H,10-13,15H2,1-3H3,(H,25,27). The van der Waals surface area contributed by atoms with Crippen molar-refractivity contribution in [2.24, 2.45) is 0 Å². The highest BCUT2D eigenvalue weighted by molar-refractivity contribution is 6.30. The van der Waals surface area contributed by atoms with Gasteiger partial charge in [0, 0.05) is 24.7 Å². The number of carbonyl (C=O) groups is 1. The fraction of sp³-hybridized carbons (Fsp3) is 0.435. The summed E-state index contributed by atoms with van der Waals surface area (Å²) in [4.78, 5) is 15.1. The molecule has 0 aromatic heterocycles. The molecule has 0 radical (unpaired) electrons. The second-order valence-electron chi connectivity index (χ2n) is 7.35. The van der Waals surface area contributed by atoms with Crippen LogP contribution in [0.3, 0.4) is 0 Å². The Morgan fingerprint density at radius 1 is 1.20 bits per heavy atom. The highest BCUT2D eigenvalue weighted by atomic mass is 35.5. The zero-order valence-electron chi connectivity index (χ0n) is 17.7. The predicted octanol–water partition coefficient (Wildman–Crippen LogP) is 3.61. The largest absolute Gasteiger partial charge is 0.497 e. The summed E-state index contributed by atoms with van der Waals surface area (Å²) >= 11 is 6.00. The Hall–Kier alpha value is -2.28. The number of carbonyl (C=O) groups excluding carboxylic acids is 1. The Balaban J connectivity index is 1.65. The minimum Gasteiger partial charge on any atom is -0.497 e. The molecule has 2 atom stereocenters. The maximum Gasteiger partial charge on any atom is 0.260 e. The van der Waals surface area contributed by atoms with E-state index in [0.717, 1.165) is 30.0 Å². The van der Waals surface area contributed by atoms with Gasteiger partial charge in [-0.25, -0.2) is 0 Å². The first-order valence-electron chi connectivity index (χ1n) is 10.1. The number of methoxy groups -OCH3 is 1. The summed E-state index contributed by atoms with van der Waals surface area (Å²) in [7, 11) is 1.65. The second kappa shape index (κ2) is 10.7. The lowest BCUT2D eigenvalue weighted by molar-refractivity contribution is -0.127. The molecular formula is C23H29ClN2O4. The molecule has 0 saturated carbocycles. The van der Waals surface area contributed by atoms with Crippen LogP contribution in [0.25, 0.3) is 0 Å². The predicted molar refractivity (Wildman–Crippen MR) is 117 cm³/mol. The minimum absolute atomic E-state index is 0.0493. The van der Waals surface area contributed by atoms with E-state index in [-0.39, 0.29) is 11.9 Å². The van der Waals surface area contributed by atoms with E-state index in [1.807, 2.05) is 37.3 Å². The number of morpholine rings is 1. The van der Waals surface area contributed by atoms with E-state index in [1.54, 1.807) is 26.2 Å². The van der Waals surface area contributed by atoms with Crippen molar-refractivity contribution in [3.8, 4) is 11.5 Å². The summed E-state index contributed by atoms with van der Waals surface area (Å²) in [5.74, 6) is 1.31. The van der Waals surface area contributed by atoms with Gasteiger partial charge in [0.05, 0.1) is 26.4 Å². The second-order valence-corrected chi connectivity index (χ2v) is 7.79. The first-order chi connectivity index (χ1) is 14.5. The molecule has 2 unspecified atom stereocenters. The zero-order chi connectivity index (χ0) is 21.5. The molecule has 2 aromatic rings. The van der Waals surface area contributed by atoms with Gasteiger partial charge >= 0.3 is 0 Å². The topological polar surface area (TPSA) is 60.0 Å². The van der Waals surface area contributed by atoms with Gasteiger partial charge in [0.2, 0.25) is 0 Å². The minimum atomic E-state index is -0.619. The lowest BCUT2D eigenvalue weighted by atomic mass is 10.0. The summed E-state index contributed by atoms with van der Waals surface area (Å²) in [6, 6.07) is 13.4. The normalized spacial score (nSPS) is 16.5. The van der Waals surface area contributed by atoms with Crippen molar-refractivity contribution in [3.05, 3.63) is 58.6 Å². The summed E-state index contributed by atoms with van der Waals surface area (Å²) in [5.41, 5.74) is 2.02. The van der Waals surface area contributed by atoms with Crippen LogP contribution in [0.5, 0.6) is 11.5 Å². The molecule has 1 saturated heterocycles. The molecule has 0 spiro atoms. The summed E-state index contributed by atoms with van der Waals surface area (Å²) < 4.78 is 16.6. The quantitative estimate of drug-likeness (QED) is 0.690. The van der Waals surface area contributed by atoms with Crippen molar-refractivity contribution in [2.75, 3.05) is 40.0 Å². The number of aryl methyl sites for hydroxylation is 1. The lowest BCUT2D eigenvalue weighted by Crippen LogP contribution is -2.45. The SMILES string of the molecule is COc1ccc(C(CNC(=O)C(C)Oc2ccc(Cl)cc2C)N2CCOCC2)cc1. The van der Waals surface area contributed by atoms with E-state index in [4.69, 9.17) is 25.8 Å². The third-order valence-electron chi connectivity index (χ3n) is 5.27. The number of nitrogens with one attached hydrogen (secondary N) is 1. The Bertz CT molecular complexity index is 838. The van der Waals surface area contributed by atoms with Crippen molar-refractivity contribution in [1.29, 1.82) is 0 Å². The number of hydrogen-bond acceptors (Lipinski definition) is 5. The van der Waals surface area contributed by atoms with Crippen LogP contribution in [0.1, 0.15) is 24.1 Å². The first kappa shape index (κ1) is 22.4. The van der Waals surface area contributed by atoms with E-state index < -0.39 is 6.10 Å². The maximum atomic E-state index is 12.7. The molecule has 6 nitrogen and oxygen atoms in total. The van der Waals surface area contributed by atoms with Crippen LogP contribution in [0.15, 0.2) is 42.5 Å². The number of amides is 1. The highest BCUT2D eigenvalue weighted by Gasteiger charge is 2.25. The number of nitrogens with zero attached hydrogens (tertiary/aromatic N) is 1. The molecule has 1 heterocycles. The van der Waals surface area contributed by atoms with Crippen LogP contribution in [-0.4, -0.2) is 56.9 Å². The highest BCUT2D eigenvalue weighted by Crippen LogP contribution is 2.25. The molecule has 1 amide bonds. The number of halogens is 1.